The Hall–Kier alpha value is -1.75. The molecule has 5 nitrogen and oxygen atoms in total. The lowest BCUT2D eigenvalue weighted by molar-refractivity contribution is -0.119. The molecule has 0 aliphatic carbocycles. The van der Waals surface area contributed by atoms with Gasteiger partial charge < -0.3 is 20.1 Å². The van der Waals surface area contributed by atoms with Gasteiger partial charge in [-0.2, -0.15) is 0 Å². The Morgan fingerprint density at radius 2 is 1.95 bits per heavy atom. The molecule has 0 aliphatic rings. The van der Waals surface area contributed by atoms with Crippen LogP contribution in [0.25, 0.3) is 0 Å². The van der Waals surface area contributed by atoms with Gasteiger partial charge >= 0.3 is 0 Å². The highest BCUT2D eigenvalue weighted by atomic mass is 16.5. The molecule has 0 bridgehead atoms. The van der Waals surface area contributed by atoms with E-state index >= 15 is 0 Å². The molecule has 2 N–H and O–H groups in total. The van der Waals surface area contributed by atoms with Crippen LogP contribution in [0, 0.1) is 5.92 Å². The molecule has 1 rings (SSSR count). The van der Waals surface area contributed by atoms with E-state index < -0.39 is 0 Å². The van der Waals surface area contributed by atoms with Gasteiger partial charge in [-0.15, -0.1) is 0 Å². The lowest BCUT2D eigenvalue weighted by Gasteiger charge is -2.10. The standard InChI is InChI=1S/C16H26N2O3/c1-13(2)12-21-15-7-5-14(6-8-15)18-11-16(19)17-9-4-10-20-3/h5-8,13,18H,4,9-12H2,1-3H3,(H,17,19). The first kappa shape index (κ1) is 17.3. The molecule has 0 saturated heterocycles. The predicted molar refractivity (Wildman–Crippen MR) is 84.8 cm³/mol. The lowest BCUT2D eigenvalue weighted by Crippen LogP contribution is -2.31. The molecule has 0 spiro atoms. The SMILES string of the molecule is COCCCNC(=O)CNc1ccc(OCC(C)C)cc1. The van der Waals surface area contributed by atoms with Gasteiger partial charge in [-0.1, -0.05) is 13.8 Å². The fourth-order valence-electron chi connectivity index (χ4n) is 1.62. The molecule has 0 aliphatic heterocycles. The van der Waals surface area contributed by atoms with Gasteiger partial charge in [0.15, 0.2) is 0 Å². The number of ether oxygens (including phenoxy) is 2. The third-order valence-corrected chi connectivity index (χ3v) is 2.74. The number of amides is 1. The first-order valence-electron chi connectivity index (χ1n) is 7.34. The van der Waals surface area contributed by atoms with Crippen molar-refractivity contribution in [3.63, 3.8) is 0 Å². The topological polar surface area (TPSA) is 59.6 Å². The third kappa shape index (κ3) is 8.19. The third-order valence-electron chi connectivity index (χ3n) is 2.74. The maximum absolute atomic E-state index is 11.6. The van der Waals surface area contributed by atoms with Crippen molar-refractivity contribution >= 4 is 11.6 Å². The van der Waals surface area contributed by atoms with Crippen LogP contribution in [-0.4, -0.2) is 39.3 Å². The van der Waals surface area contributed by atoms with Crippen molar-refractivity contribution in [3.05, 3.63) is 24.3 Å². The van der Waals surface area contributed by atoms with Gasteiger partial charge in [0, 0.05) is 25.9 Å². The van der Waals surface area contributed by atoms with Gasteiger partial charge in [-0.25, -0.2) is 0 Å². The second kappa shape index (κ2) is 10.0. The van der Waals surface area contributed by atoms with Crippen molar-refractivity contribution < 1.29 is 14.3 Å². The van der Waals surface area contributed by atoms with E-state index in [2.05, 4.69) is 24.5 Å². The number of nitrogens with one attached hydrogen (secondary N) is 2. The highest BCUT2D eigenvalue weighted by Gasteiger charge is 2.01. The minimum absolute atomic E-state index is 0.0220. The van der Waals surface area contributed by atoms with Crippen molar-refractivity contribution in [3.8, 4) is 5.75 Å². The number of hydrogen-bond donors (Lipinski definition) is 2. The van der Waals surface area contributed by atoms with E-state index in [9.17, 15) is 4.79 Å². The van der Waals surface area contributed by atoms with E-state index in [1.165, 1.54) is 0 Å². The molecule has 0 saturated carbocycles. The summed E-state index contributed by atoms with van der Waals surface area (Å²) >= 11 is 0. The van der Waals surface area contributed by atoms with Gasteiger partial charge in [0.05, 0.1) is 13.2 Å². The smallest absolute Gasteiger partial charge is 0.239 e. The Labute approximate surface area is 127 Å². The first-order valence-corrected chi connectivity index (χ1v) is 7.34. The van der Waals surface area contributed by atoms with E-state index in [4.69, 9.17) is 9.47 Å². The summed E-state index contributed by atoms with van der Waals surface area (Å²) in [5.74, 6) is 1.33. The predicted octanol–water partition coefficient (Wildman–Crippen LogP) is 2.29. The van der Waals surface area contributed by atoms with Crippen LogP contribution in [0.5, 0.6) is 5.75 Å². The molecular weight excluding hydrogens is 268 g/mol. The normalized spacial score (nSPS) is 10.5. The second-order valence-corrected chi connectivity index (χ2v) is 5.28. The average Bonchev–Trinajstić information content (AvgIpc) is 2.48. The van der Waals surface area contributed by atoms with E-state index in [1.807, 2.05) is 24.3 Å². The quantitative estimate of drug-likeness (QED) is 0.650. The van der Waals surface area contributed by atoms with Crippen molar-refractivity contribution in [1.29, 1.82) is 0 Å². The minimum atomic E-state index is -0.0220. The summed E-state index contributed by atoms with van der Waals surface area (Å²) in [4.78, 5) is 11.6. The lowest BCUT2D eigenvalue weighted by atomic mass is 10.2. The Morgan fingerprint density at radius 3 is 2.57 bits per heavy atom. The maximum atomic E-state index is 11.6. The van der Waals surface area contributed by atoms with Crippen LogP contribution in [0.3, 0.4) is 0 Å². The Balaban J connectivity index is 2.24. The summed E-state index contributed by atoms with van der Waals surface area (Å²) < 4.78 is 10.5. The molecule has 5 heteroatoms. The average molecular weight is 294 g/mol. The van der Waals surface area contributed by atoms with E-state index in [0.29, 0.717) is 25.7 Å². The molecule has 1 aromatic carbocycles. The molecule has 118 valence electrons. The van der Waals surface area contributed by atoms with Crippen LogP contribution in [0.1, 0.15) is 20.3 Å². The zero-order valence-corrected chi connectivity index (χ0v) is 13.1. The summed E-state index contributed by atoms with van der Waals surface area (Å²) in [5.41, 5.74) is 0.902. The Kier molecular flexibility index (Phi) is 8.28. The molecule has 0 unspecified atom stereocenters. The van der Waals surface area contributed by atoms with Crippen LogP contribution >= 0.6 is 0 Å². The first-order chi connectivity index (χ1) is 10.1. The Bertz CT molecular complexity index is 404. The molecule has 0 heterocycles. The summed E-state index contributed by atoms with van der Waals surface area (Å²) in [6.07, 6.45) is 0.824. The van der Waals surface area contributed by atoms with Crippen LogP contribution in [-0.2, 0) is 9.53 Å². The van der Waals surface area contributed by atoms with E-state index in [1.54, 1.807) is 7.11 Å². The highest BCUT2D eigenvalue weighted by Crippen LogP contribution is 2.16. The fourth-order valence-corrected chi connectivity index (χ4v) is 1.62. The minimum Gasteiger partial charge on any atom is -0.493 e. The van der Waals surface area contributed by atoms with Crippen LogP contribution in [0.2, 0.25) is 0 Å². The van der Waals surface area contributed by atoms with E-state index in [-0.39, 0.29) is 12.5 Å². The summed E-state index contributed by atoms with van der Waals surface area (Å²) in [7, 11) is 1.65. The van der Waals surface area contributed by atoms with E-state index in [0.717, 1.165) is 17.9 Å². The molecular formula is C16H26N2O3. The number of carbonyl (C=O) groups is 1. The van der Waals surface area contributed by atoms with Gasteiger partial charge in [0.2, 0.25) is 5.91 Å². The number of hydrogen-bond acceptors (Lipinski definition) is 4. The molecule has 0 aromatic heterocycles. The number of benzene rings is 1. The second-order valence-electron chi connectivity index (χ2n) is 5.28. The van der Waals surface area contributed by atoms with Gasteiger partial charge in [0.1, 0.15) is 5.75 Å². The summed E-state index contributed by atoms with van der Waals surface area (Å²) in [5, 5.41) is 5.90. The number of carbonyl (C=O) groups excluding carboxylic acids is 1. The van der Waals surface area contributed by atoms with Crippen molar-refractivity contribution in [2.24, 2.45) is 5.92 Å². The van der Waals surface area contributed by atoms with Crippen LogP contribution < -0.4 is 15.4 Å². The molecule has 0 radical (unpaired) electrons. The summed E-state index contributed by atoms with van der Waals surface area (Å²) in [6.45, 7) is 6.49. The Morgan fingerprint density at radius 1 is 1.24 bits per heavy atom. The fraction of sp³-hybridized carbons (Fsp3) is 0.562. The van der Waals surface area contributed by atoms with Crippen molar-refractivity contribution in [1.82, 2.24) is 5.32 Å². The maximum Gasteiger partial charge on any atom is 0.239 e. The monoisotopic (exact) mass is 294 g/mol. The highest BCUT2D eigenvalue weighted by molar-refractivity contribution is 5.80. The molecule has 0 atom stereocenters. The number of methoxy groups -OCH3 is 1. The zero-order chi connectivity index (χ0) is 15.5. The zero-order valence-electron chi connectivity index (χ0n) is 13.1. The van der Waals surface area contributed by atoms with Crippen LogP contribution in [0.15, 0.2) is 24.3 Å². The number of rotatable bonds is 10. The van der Waals surface area contributed by atoms with Crippen molar-refractivity contribution in [2.45, 2.75) is 20.3 Å². The molecule has 0 fully saturated rings. The largest absolute Gasteiger partial charge is 0.493 e. The molecule has 21 heavy (non-hydrogen) atoms. The number of anilines is 1. The van der Waals surface area contributed by atoms with Gasteiger partial charge in [0.25, 0.3) is 0 Å². The van der Waals surface area contributed by atoms with Gasteiger partial charge in [-0.3, -0.25) is 4.79 Å². The molecule has 1 aromatic rings. The van der Waals surface area contributed by atoms with Crippen molar-refractivity contribution in [2.75, 3.05) is 38.7 Å². The molecule has 1 amide bonds. The van der Waals surface area contributed by atoms with Crippen LogP contribution in [0.4, 0.5) is 5.69 Å². The summed E-state index contributed by atoms with van der Waals surface area (Å²) in [6, 6.07) is 7.63. The van der Waals surface area contributed by atoms with Gasteiger partial charge in [-0.05, 0) is 36.6 Å².